The van der Waals surface area contributed by atoms with Gasteiger partial charge in [0.15, 0.2) is 6.04 Å². The average Bonchev–Trinajstić information content (AvgIpc) is 2.29. The summed E-state index contributed by atoms with van der Waals surface area (Å²) in [5, 5.41) is 0. The zero-order valence-corrected chi connectivity index (χ0v) is 8.97. The molecule has 0 heterocycles. The van der Waals surface area contributed by atoms with Crippen molar-refractivity contribution in [3.8, 4) is 0 Å². The molecule has 1 rings (SSSR count). The number of rotatable bonds is 4. The van der Waals surface area contributed by atoms with Crippen LogP contribution in [-0.2, 0) is 9.53 Å². The van der Waals surface area contributed by atoms with Crippen LogP contribution >= 0.6 is 0 Å². The highest BCUT2D eigenvalue weighted by atomic mass is 16.5. The van der Waals surface area contributed by atoms with E-state index in [9.17, 15) is 9.59 Å². The fourth-order valence-electron chi connectivity index (χ4n) is 1.31. The van der Waals surface area contributed by atoms with Gasteiger partial charge in [-0.2, -0.15) is 0 Å². The van der Waals surface area contributed by atoms with E-state index < -0.39 is 12.0 Å². The third kappa shape index (κ3) is 2.52. The first kappa shape index (κ1) is 12.1. The summed E-state index contributed by atoms with van der Waals surface area (Å²) in [7, 11) is 1.31. The lowest BCUT2D eigenvalue weighted by Crippen LogP contribution is -2.59. The maximum absolute atomic E-state index is 11.2. The van der Waals surface area contributed by atoms with Crippen molar-refractivity contribution in [2.75, 3.05) is 7.11 Å². The smallest absolute Gasteiger partial charge is 0.337 e. The highest BCUT2D eigenvalue weighted by Gasteiger charge is 2.18. The molecule has 0 unspecified atom stereocenters. The number of carbonyl (C=O) groups excluding carboxylic acids is 2. The van der Waals surface area contributed by atoms with Crippen molar-refractivity contribution in [2.24, 2.45) is 4.99 Å². The number of ether oxygens (including phenoxy) is 1. The zero-order chi connectivity index (χ0) is 12.1. The van der Waals surface area contributed by atoms with Crippen LogP contribution in [0.1, 0.15) is 22.0 Å². The zero-order valence-electron chi connectivity index (χ0n) is 8.97. The molecule has 0 aliphatic carbocycles. The van der Waals surface area contributed by atoms with E-state index in [2.05, 4.69) is 22.2 Å². The van der Waals surface area contributed by atoms with Gasteiger partial charge in [-0.25, -0.2) is 9.59 Å². The number of nitrogens with zero attached hydrogens (tertiary/aromatic N) is 1. The molecule has 0 aliphatic heterocycles. The van der Waals surface area contributed by atoms with Crippen molar-refractivity contribution in [1.82, 2.24) is 0 Å². The molecule has 1 atom stereocenters. The summed E-state index contributed by atoms with van der Waals surface area (Å²) in [6.45, 7) is 3.33. The molecule has 84 valence electrons. The molecule has 0 aromatic heterocycles. The second-order valence-corrected chi connectivity index (χ2v) is 3.17. The number of amides is 1. The standard InChI is InChI=1S/C11H12N2O3/c1-13-9(10(12)14)7-3-5-8(6-4-7)11(15)16-2/h3-6,9H,1H2,2H3,(H2,12,14)/p+1/t9-/m1/s1. The van der Waals surface area contributed by atoms with E-state index in [0.29, 0.717) is 11.1 Å². The first-order valence-electron chi connectivity index (χ1n) is 4.60. The minimum atomic E-state index is -0.674. The predicted octanol–water partition coefficient (Wildman–Crippen LogP) is -0.0166. The quantitative estimate of drug-likeness (QED) is 0.573. The molecule has 1 aromatic carbocycles. The Bertz CT molecular complexity index is 412. The van der Waals surface area contributed by atoms with Crippen molar-refractivity contribution in [1.29, 1.82) is 0 Å². The number of benzene rings is 1. The van der Waals surface area contributed by atoms with Crippen molar-refractivity contribution in [3.05, 3.63) is 35.4 Å². The summed E-state index contributed by atoms with van der Waals surface area (Å²) in [5.74, 6) is -0.753. The lowest BCUT2D eigenvalue weighted by atomic mass is 10.0. The molecule has 0 radical (unpaired) electrons. The van der Waals surface area contributed by atoms with Crippen LogP contribution in [0.2, 0.25) is 0 Å². The van der Waals surface area contributed by atoms with Gasteiger partial charge >= 0.3 is 11.9 Å². The van der Waals surface area contributed by atoms with Crippen molar-refractivity contribution in [3.63, 3.8) is 0 Å². The fraction of sp³-hybridized carbons (Fsp3) is 0.182. The number of methoxy groups -OCH3 is 1. The van der Waals surface area contributed by atoms with Crippen LogP contribution in [0.3, 0.4) is 0 Å². The van der Waals surface area contributed by atoms with E-state index in [1.165, 1.54) is 7.11 Å². The summed E-state index contributed by atoms with van der Waals surface area (Å²) >= 11 is 0. The Kier molecular flexibility index (Phi) is 3.90. The predicted molar refractivity (Wildman–Crippen MR) is 58.0 cm³/mol. The second kappa shape index (κ2) is 5.18. The molecule has 5 heteroatoms. The van der Waals surface area contributed by atoms with Gasteiger partial charge in [0.1, 0.15) is 0 Å². The van der Waals surface area contributed by atoms with Gasteiger partial charge in [0.25, 0.3) is 0 Å². The first-order valence-corrected chi connectivity index (χ1v) is 4.60. The van der Waals surface area contributed by atoms with E-state index in [1.54, 1.807) is 24.3 Å². The summed E-state index contributed by atoms with van der Waals surface area (Å²) in [5.41, 5.74) is 4.37. The maximum Gasteiger partial charge on any atom is 0.337 e. The Balaban J connectivity index is 2.98. The molecule has 0 fully saturated rings. The normalized spacial score (nSPS) is 11.6. The second-order valence-electron chi connectivity index (χ2n) is 3.17. The highest BCUT2D eigenvalue weighted by molar-refractivity contribution is 5.89. The van der Waals surface area contributed by atoms with Gasteiger partial charge in [0.05, 0.1) is 12.7 Å². The summed E-state index contributed by atoms with van der Waals surface area (Å²) in [4.78, 5) is 25.9. The van der Waals surface area contributed by atoms with Gasteiger partial charge in [0.2, 0.25) is 0 Å². The molecule has 0 aliphatic rings. The third-order valence-corrected chi connectivity index (χ3v) is 2.14. The molecule has 1 amide bonds. The Hall–Kier alpha value is -2.01. The summed E-state index contributed by atoms with van der Waals surface area (Å²) < 4.78 is 4.56. The molecular formula is C11H13N2O3+. The number of quaternary nitrogens is 1. The molecule has 5 nitrogen and oxygen atoms in total. The fourth-order valence-corrected chi connectivity index (χ4v) is 1.31. The van der Waals surface area contributed by atoms with Crippen LogP contribution in [0.25, 0.3) is 0 Å². The maximum atomic E-state index is 11.2. The van der Waals surface area contributed by atoms with Gasteiger partial charge in [-0.05, 0) is 24.4 Å². The Morgan fingerprint density at radius 1 is 1.38 bits per heavy atom. The van der Waals surface area contributed by atoms with Gasteiger partial charge in [-0.3, -0.25) is 10.7 Å². The Morgan fingerprint density at radius 3 is 2.31 bits per heavy atom. The van der Waals surface area contributed by atoms with Crippen LogP contribution in [-0.4, -0.2) is 25.7 Å². The Morgan fingerprint density at radius 2 is 1.94 bits per heavy atom. The minimum absolute atomic E-state index is 0.333. The lowest BCUT2D eigenvalue weighted by molar-refractivity contribution is -0.307. The first-order chi connectivity index (χ1) is 7.60. The van der Waals surface area contributed by atoms with Gasteiger partial charge in [0, 0.05) is 0 Å². The van der Waals surface area contributed by atoms with Crippen LogP contribution in [0.5, 0.6) is 0 Å². The largest absolute Gasteiger partial charge is 0.465 e. The van der Waals surface area contributed by atoms with Gasteiger partial charge in [-0.1, -0.05) is 12.1 Å². The highest BCUT2D eigenvalue weighted by Crippen LogP contribution is 2.16. The molecule has 1 aromatic rings. The molecule has 3 N–H and O–H groups in total. The van der Waals surface area contributed by atoms with E-state index in [1.807, 2.05) is 0 Å². The third-order valence-electron chi connectivity index (χ3n) is 2.14. The molecule has 0 bridgehead atoms. The summed E-state index contributed by atoms with van der Waals surface area (Å²) in [6.07, 6.45) is 0. The van der Waals surface area contributed by atoms with Crippen molar-refractivity contribution >= 4 is 18.6 Å². The number of esters is 1. The molecular weight excluding hydrogens is 208 g/mol. The van der Waals surface area contributed by atoms with Crippen LogP contribution < -0.4 is 5.73 Å². The molecule has 0 saturated carbocycles. The monoisotopic (exact) mass is 221 g/mol. The molecule has 16 heavy (non-hydrogen) atoms. The van der Waals surface area contributed by atoms with Gasteiger partial charge < -0.3 is 4.74 Å². The van der Waals surface area contributed by atoms with Crippen molar-refractivity contribution in [2.45, 2.75) is 6.04 Å². The number of hydrogen-bond donors (Lipinski definition) is 1. The minimum Gasteiger partial charge on any atom is -0.465 e. The Labute approximate surface area is 92.9 Å². The van der Waals surface area contributed by atoms with Crippen LogP contribution in [0.4, 0.5) is 0 Å². The topological polar surface area (TPSA) is 83.4 Å². The van der Waals surface area contributed by atoms with E-state index in [0.717, 1.165) is 0 Å². The summed E-state index contributed by atoms with van der Waals surface area (Å²) in [6, 6.07) is 5.74. The van der Waals surface area contributed by atoms with E-state index in [4.69, 9.17) is 0 Å². The molecule has 0 spiro atoms. The van der Waals surface area contributed by atoms with Crippen LogP contribution in [0, 0.1) is 0 Å². The van der Waals surface area contributed by atoms with Crippen molar-refractivity contribution < 1.29 is 20.1 Å². The number of aliphatic imine (C=N–C) groups is 1. The SMILES string of the molecule is C=N[C@@H](C([NH3+])=O)c1ccc(C(=O)OC)cc1. The van der Waals surface area contributed by atoms with Gasteiger partial charge in [-0.15, -0.1) is 0 Å². The average molecular weight is 221 g/mol. The number of hydrogen-bond acceptors (Lipinski definition) is 4. The van der Waals surface area contributed by atoms with Crippen LogP contribution in [0.15, 0.2) is 29.3 Å². The lowest BCUT2D eigenvalue weighted by Gasteiger charge is -2.06. The van der Waals surface area contributed by atoms with E-state index in [-0.39, 0.29) is 5.91 Å². The molecule has 0 saturated heterocycles. The van der Waals surface area contributed by atoms with E-state index >= 15 is 0 Å². The number of carbonyl (C=O) groups is 2.